The molecule has 0 radical (unpaired) electrons. The fourth-order valence-corrected chi connectivity index (χ4v) is 2.74. The zero-order chi connectivity index (χ0) is 8.39. The third-order valence-corrected chi connectivity index (χ3v) is 3.43. The SMILES string of the molecule is O=CC1CCNC2CCCCC12. The van der Waals surface area contributed by atoms with E-state index in [1.165, 1.54) is 32.0 Å². The molecule has 1 N–H and O–H groups in total. The number of carbonyl (C=O) groups is 1. The number of nitrogens with one attached hydrogen (secondary N) is 1. The molecule has 1 saturated carbocycles. The molecule has 1 saturated heterocycles. The van der Waals surface area contributed by atoms with Crippen molar-refractivity contribution in [2.24, 2.45) is 11.8 Å². The number of aldehydes is 1. The number of hydrogen-bond acceptors (Lipinski definition) is 2. The standard InChI is InChI=1S/C10H17NO/c12-7-8-5-6-11-10-4-2-1-3-9(8)10/h7-11H,1-6H2. The summed E-state index contributed by atoms with van der Waals surface area (Å²) in [5, 5.41) is 3.53. The third-order valence-electron chi connectivity index (χ3n) is 3.43. The summed E-state index contributed by atoms with van der Waals surface area (Å²) in [5.74, 6) is 1.02. The van der Waals surface area contributed by atoms with Crippen LogP contribution in [0.15, 0.2) is 0 Å². The van der Waals surface area contributed by atoms with Crippen molar-refractivity contribution in [1.82, 2.24) is 5.32 Å². The molecule has 3 unspecified atom stereocenters. The molecule has 0 spiro atoms. The first-order valence-corrected chi connectivity index (χ1v) is 5.10. The summed E-state index contributed by atoms with van der Waals surface area (Å²) in [6.07, 6.45) is 7.47. The predicted molar refractivity (Wildman–Crippen MR) is 47.9 cm³/mol. The van der Waals surface area contributed by atoms with Crippen molar-refractivity contribution in [3.63, 3.8) is 0 Å². The van der Waals surface area contributed by atoms with Crippen molar-refractivity contribution in [2.75, 3.05) is 6.54 Å². The van der Waals surface area contributed by atoms with Gasteiger partial charge in [0.15, 0.2) is 0 Å². The molecule has 0 aromatic rings. The summed E-state index contributed by atoms with van der Waals surface area (Å²) >= 11 is 0. The van der Waals surface area contributed by atoms with Gasteiger partial charge >= 0.3 is 0 Å². The number of piperidine rings is 1. The molecule has 0 aromatic heterocycles. The highest BCUT2D eigenvalue weighted by Crippen LogP contribution is 2.33. The van der Waals surface area contributed by atoms with Crippen molar-refractivity contribution in [3.8, 4) is 0 Å². The van der Waals surface area contributed by atoms with Gasteiger partial charge in [0.2, 0.25) is 0 Å². The molecular weight excluding hydrogens is 150 g/mol. The van der Waals surface area contributed by atoms with E-state index in [2.05, 4.69) is 5.32 Å². The topological polar surface area (TPSA) is 29.1 Å². The monoisotopic (exact) mass is 167 g/mol. The van der Waals surface area contributed by atoms with Crippen molar-refractivity contribution in [1.29, 1.82) is 0 Å². The molecule has 0 aromatic carbocycles. The minimum Gasteiger partial charge on any atom is -0.314 e. The van der Waals surface area contributed by atoms with E-state index in [-0.39, 0.29) is 0 Å². The second kappa shape index (κ2) is 3.56. The Morgan fingerprint density at radius 3 is 2.83 bits per heavy atom. The first-order valence-electron chi connectivity index (χ1n) is 5.10. The van der Waals surface area contributed by atoms with Crippen LogP contribution < -0.4 is 5.32 Å². The largest absolute Gasteiger partial charge is 0.314 e. The maximum absolute atomic E-state index is 10.8. The second-order valence-electron chi connectivity index (χ2n) is 4.10. The summed E-state index contributed by atoms with van der Waals surface area (Å²) in [4.78, 5) is 10.8. The molecule has 2 nitrogen and oxygen atoms in total. The third kappa shape index (κ3) is 1.40. The fraction of sp³-hybridized carbons (Fsp3) is 0.900. The fourth-order valence-electron chi connectivity index (χ4n) is 2.74. The van der Waals surface area contributed by atoms with E-state index in [4.69, 9.17) is 0 Å². The molecule has 1 aliphatic heterocycles. The van der Waals surface area contributed by atoms with E-state index >= 15 is 0 Å². The molecular formula is C10H17NO. The van der Waals surface area contributed by atoms with E-state index in [1.54, 1.807) is 0 Å². The van der Waals surface area contributed by atoms with E-state index in [0.29, 0.717) is 17.9 Å². The van der Waals surface area contributed by atoms with E-state index < -0.39 is 0 Å². The van der Waals surface area contributed by atoms with Crippen molar-refractivity contribution in [2.45, 2.75) is 38.1 Å². The highest BCUT2D eigenvalue weighted by molar-refractivity contribution is 5.54. The quantitative estimate of drug-likeness (QED) is 0.597. The molecule has 0 bridgehead atoms. The molecule has 12 heavy (non-hydrogen) atoms. The Balaban J connectivity index is 2.03. The van der Waals surface area contributed by atoms with Crippen LogP contribution in [-0.2, 0) is 4.79 Å². The van der Waals surface area contributed by atoms with Crippen LogP contribution in [0.5, 0.6) is 0 Å². The van der Waals surface area contributed by atoms with Crippen LogP contribution in [0.2, 0.25) is 0 Å². The molecule has 3 atom stereocenters. The average Bonchev–Trinajstić information content (AvgIpc) is 2.17. The van der Waals surface area contributed by atoms with Gasteiger partial charge in [-0.1, -0.05) is 12.8 Å². The van der Waals surface area contributed by atoms with E-state index in [1.807, 2.05) is 0 Å². The van der Waals surface area contributed by atoms with Gasteiger partial charge in [0, 0.05) is 12.0 Å². The van der Waals surface area contributed by atoms with Gasteiger partial charge in [0.1, 0.15) is 6.29 Å². The Kier molecular flexibility index (Phi) is 2.45. The molecule has 2 aliphatic rings. The van der Waals surface area contributed by atoms with Crippen LogP contribution >= 0.6 is 0 Å². The van der Waals surface area contributed by atoms with Gasteiger partial charge in [0.05, 0.1) is 0 Å². The van der Waals surface area contributed by atoms with Crippen molar-refractivity contribution >= 4 is 6.29 Å². The van der Waals surface area contributed by atoms with Gasteiger partial charge in [-0.15, -0.1) is 0 Å². The molecule has 68 valence electrons. The summed E-state index contributed by atoms with van der Waals surface area (Å²) in [6, 6.07) is 0.655. The Hall–Kier alpha value is -0.370. The van der Waals surface area contributed by atoms with Crippen LogP contribution in [0.1, 0.15) is 32.1 Å². The summed E-state index contributed by atoms with van der Waals surface area (Å²) in [6.45, 7) is 1.05. The van der Waals surface area contributed by atoms with Gasteiger partial charge in [-0.2, -0.15) is 0 Å². The van der Waals surface area contributed by atoms with Gasteiger partial charge in [-0.3, -0.25) is 0 Å². The maximum atomic E-state index is 10.8. The van der Waals surface area contributed by atoms with Gasteiger partial charge in [-0.25, -0.2) is 0 Å². The predicted octanol–water partition coefficient (Wildman–Crippen LogP) is 1.35. The molecule has 2 rings (SSSR count). The van der Waals surface area contributed by atoms with Crippen molar-refractivity contribution in [3.05, 3.63) is 0 Å². The van der Waals surface area contributed by atoms with Crippen LogP contribution in [0, 0.1) is 11.8 Å². The first-order chi connectivity index (χ1) is 5.92. The number of rotatable bonds is 1. The van der Waals surface area contributed by atoms with Crippen LogP contribution in [0.4, 0.5) is 0 Å². The summed E-state index contributed by atoms with van der Waals surface area (Å²) in [5.41, 5.74) is 0. The smallest absolute Gasteiger partial charge is 0.123 e. The molecule has 2 fully saturated rings. The summed E-state index contributed by atoms with van der Waals surface area (Å²) in [7, 11) is 0. The molecule has 1 heterocycles. The Labute approximate surface area is 73.7 Å². The zero-order valence-corrected chi connectivity index (χ0v) is 7.46. The molecule has 0 amide bonds. The Morgan fingerprint density at radius 1 is 1.17 bits per heavy atom. The van der Waals surface area contributed by atoms with Gasteiger partial charge in [0.25, 0.3) is 0 Å². The summed E-state index contributed by atoms with van der Waals surface area (Å²) < 4.78 is 0. The molecule has 2 heteroatoms. The highest BCUT2D eigenvalue weighted by atomic mass is 16.1. The van der Waals surface area contributed by atoms with Gasteiger partial charge in [-0.05, 0) is 31.7 Å². The lowest BCUT2D eigenvalue weighted by molar-refractivity contribution is -0.114. The van der Waals surface area contributed by atoms with Crippen molar-refractivity contribution < 1.29 is 4.79 Å². The minimum absolute atomic E-state index is 0.358. The minimum atomic E-state index is 0.358. The van der Waals surface area contributed by atoms with Gasteiger partial charge < -0.3 is 10.1 Å². The lowest BCUT2D eigenvalue weighted by atomic mass is 9.73. The number of hydrogen-bond donors (Lipinski definition) is 1. The van der Waals surface area contributed by atoms with E-state index in [0.717, 1.165) is 13.0 Å². The maximum Gasteiger partial charge on any atom is 0.123 e. The lowest BCUT2D eigenvalue weighted by Crippen LogP contribution is -2.47. The van der Waals surface area contributed by atoms with Crippen LogP contribution in [0.25, 0.3) is 0 Å². The second-order valence-corrected chi connectivity index (χ2v) is 4.10. The zero-order valence-electron chi connectivity index (χ0n) is 7.46. The number of carbonyl (C=O) groups excluding carboxylic acids is 1. The molecule has 1 aliphatic carbocycles. The highest BCUT2D eigenvalue weighted by Gasteiger charge is 2.34. The average molecular weight is 167 g/mol. The Morgan fingerprint density at radius 2 is 2.00 bits per heavy atom. The van der Waals surface area contributed by atoms with Crippen LogP contribution in [0.3, 0.4) is 0 Å². The first kappa shape index (κ1) is 8.24. The lowest BCUT2D eigenvalue weighted by Gasteiger charge is -2.39. The van der Waals surface area contributed by atoms with E-state index in [9.17, 15) is 4.79 Å². The normalized spacial score (nSPS) is 41.8. The number of fused-ring (bicyclic) bond motifs is 1. The Bertz CT molecular complexity index is 167. The van der Waals surface area contributed by atoms with Crippen LogP contribution in [-0.4, -0.2) is 18.9 Å².